The SMILES string of the molecule is C=NOCc1ccc(N)c(N)c1. The number of nitrogens with two attached hydrogens (primary N) is 2. The molecule has 0 spiro atoms. The van der Waals surface area contributed by atoms with Crippen LogP contribution in [0.25, 0.3) is 0 Å². The Morgan fingerprint density at radius 2 is 2.08 bits per heavy atom. The topological polar surface area (TPSA) is 73.6 Å². The Morgan fingerprint density at radius 1 is 1.33 bits per heavy atom. The number of rotatable bonds is 3. The summed E-state index contributed by atoms with van der Waals surface area (Å²) >= 11 is 0. The highest BCUT2D eigenvalue weighted by Gasteiger charge is 1.96. The summed E-state index contributed by atoms with van der Waals surface area (Å²) in [5, 5.41) is 3.26. The molecule has 0 aliphatic rings. The standard InChI is InChI=1S/C8H11N3O/c1-11-12-5-6-2-3-7(9)8(10)4-6/h2-4H,1,5,9-10H2. The first-order valence-corrected chi connectivity index (χ1v) is 3.46. The van der Waals surface area contributed by atoms with Crippen LogP contribution in [0.2, 0.25) is 0 Å². The highest BCUT2D eigenvalue weighted by atomic mass is 16.6. The lowest BCUT2D eigenvalue weighted by Gasteiger charge is -2.02. The molecule has 4 nitrogen and oxygen atoms in total. The molecule has 0 fully saturated rings. The minimum atomic E-state index is 0.369. The minimum absolute atomic E-state index is 0.369. The summed E-state index contributed by atoms with van der Waals surface area (Å²) in [4.78, 5) is 4.73. The van der Waals surface area contributed by atoms with E-state index in [2.05, 4.69) is 11.9 Å². The van der Waals surface area contributed by atoms with E-state index in [1.165, 1.54) is 0 Å². The number of hydrogen-bond acceptors (Lipinski definition) is 4. The van der Waals surface area contributed by atoms with Gasteiger partial charge in [-0.15, -0.1) is 5.16 Å². The smallest absolute Gasteiger partial charge is 0.142 e. The maximum absolute atomic E-state index is 5.57. The van der Waals surface area contributed by atoms with Crippen LogP contribution in [0.15, 0.2) is 23.4 Å². The molecular weight excluding hydrogens is 154 g/mol. The van der Waals surface area contributed by atoms with Gasteiger partial charge in [0, 0.05) is 6.72 Å². The van der Waals surface area contributed by atoms with E-state index < -0.39 is 0 Å². The van der Waals surface area contributed by atoms with Crippen molar-refractivity contribution in [1.29, 1.82) is 0 Å². The summed E-state index contributed by atoms with van der Waals surface area (Å²) in [6.07, 6.45) is 0. The average Bonchev–Trinajstić information content (AvgIpc) is 2.07. The molecule has 0 aliphatic carbocycles. The number of hydrogen-bond donors (Lipinski definition) is 2. The molecule has 0 saturated carbocycles. The van der Waals surface area contributed by atoms with Gasteiger partial charge in [0.25, 0.3) is 0 Å². The highest BCUT2D eigenvalue weighted by molar-refractivity contribution is 5.63. The molecule has 0 bridgehead atoms. The Hall–Kier alpha value is -1.71. The van der Waals surface area contributed by atoms with Crippen molar-refractivity contribution in [2.45, 2.75) is 6.61 Å². The van der Waals surface area contributed by atoms with E-state index in [1.54, 1.807) is 12.1 Å². The zero-order valence-electron chi connectivity index (χ0n) is 6.66. The van der Waals surface area contributed by atoms with Crippen LogP contribution < -0.4 is 11.5 Å². The van der Waals surface area contributed by atoms with E-state index in [-0.39, 0.29) is 0 Å². The van der Waals surface area contributed by atoms with Crippen molar-refractivity contribution < 1.29 is 4.84 Å². The molecule has 4 heteroatoms. The largest absolute Gasteiger partial charge is 0.397 e. The molecule has 0 saturated heterocycles. The van der Waals surface area contributed by atoms with Gasteiger partial charge in [-0.05, 0) is 17.7 Å². The third-order valence-corrected chi connectivity index (χ3v) is 1.47. The molecule has 1 aromatic carbocycles. The van der Waals surface area contributed by atoms with Crippen molar-refractivity contribution in [3.8, 4) is 0 Å². The fraction of sp³-hybridized carbons (Fsp3) is 0.125. The van der Waals surface area contributed by atoms with Gasteiger partial charge in [-0.3, -0.25) is 0 Å². The molecule has 0 amide bonds. The first kappa shape index (κ1) is 8.39. The van der Waals surface area contributed by atoms with Crippen molar-refractivity contribution in [1.82, 2.24) is 0 Å². The first-order valence-electron chi connectivity index (χ1n) is 3.46. The lowest BCUT2D eigenvalue weighted by molar-refractivity contribution is 0.133. The Kier molecular flexibility index (Phi) is 2.53. The van der Waals surface area contributed by atoms with Crippen molar-refractivity contribution in [2.24, 2.45) is 5.16 Å². The van der Waals surface area contributed by atoms with E-state index in [0.29, 0.717) is 18.0 Å². The molecule has 12 heavy (non-hydrogen) atoms. The van der Waals surface area contributed by atoms with Gasteiger partial charge in [-0.2, -0.15) is 0 Å². The summed E-state index contributed by atoms with van der Waals surface area (Å²) in [5.74, 6) is 0. The van der Waals surface area contributed by atoms with E-state index in [0.717, 1.165) is 5.56 Å². The van der Waals surface area contributed by atoms with E-state index in [9.17, 15) is 0 Å². The molecule has 0 heterocycles. The van der Waals surface area contributed by atoms with Gasteiger partial charge in [-0.25, -0.2) is 0 Å². The maximum atomic E-state index is 5.57. The quantitative estimate of drug-likeness (QED) is 0.398. The summed E-state index contributed by atoms with van der Waals surface area (Å²) in [7, 11) is 0. The molecule has 0 aromatic heterocycles. The molecule has 0 radical (unpaired) electrons. The van der Waals surface area contributed by atoms with Gasteiger partial charge >= 0.3 is 0 Å². The number of nitrogen functional groups attached to an aromatic ring is 2. The summed E-state index contributed by atoms with van der Waals surface area (Å²) in [6, 6.07) is 5.31. The summed E-state index contributed by atoms with van der Waals surface area (Å²) in [5.41, 5.74) is 13.1. The van der Waals surface area contributed by atoms with Gasteiger partial charge < -0.3 is 16.3 Å². The zero-order chi connectivity index (χ0) is 8.97. The Morgan fingerprint density at radius 3 is 2.67 bits per heavy atom. The van der Waals surface area contributed by atoms with Crippen LogP contribution in [0.1, 0.15) is 5.56 Å². The second-order valence-corrected chi connectivity index (χ2v) is 2.37. The van der Waals surface area contributed by atoms with Crippen LogP contribution in [0.5, 0.6) is 0 Å². The van der Waals surface area contributed by atoms with Gasteiger partial charge in [0.15, 0.2) is 0 Å². The van der Waals surface area contributed by atoms with Gasteiger partial charge in [0.2, 0.25) is 0 Å². The van der Waals surface area contributed by atoms with Crippen LogP contribution in [0.4, 0.5) is 11.4 Å². The molecule has 4 N–H and O–H groups in total. The van der Waals surface area contributed by atoms with E-state index in [4.69, 9.17) is 16.3 Å². The van der Waals surface area contributed by atoms with Crippen molar-refractivity contribution in [3.63, 3.8) is 0 Å². The third kappa shape index (κ3) is 1.88. The van der Waals surface area contributed by atoms with Crippen LogP contribution in [0.3, 0.4) is 0 Å². The number of oxime groups is 1. The fourth-order valence-electron chi connectivity index (χ4n) is 0.834. The van der Waals surface area contributed by atoms with E-state index in [1.807, 2.05) is 6.07 Å². The van der Waals surface area contributed by atoms with E-state index >= 15 is 0 Å². The molecular formula is C8H11N3O. The van der Waals surface area contributed by atoms with Gasteiger partial charge in [0.1, 0.15) is 6.61 Å². The Balaban J connectivity index is 2.75. The third-order valence-electron chi connectivity index (χ3n) is 1.47. The number of benzene rings is 1. The molecule has 0 unspecified atom stereocenters. The maximum Gasteiger partial charge on any atom is 0.142 e. The summed E-state index contributed by atoms with van der Waals surface area (Å²) in [6.45, 7) is 3.56. The minimum Gasteiger partial charge on any atom is -0.397 e. The predicted octanol–water partition coefficient (Wildman–Crippen LogP) is 0.983. The van der Waals surface area contributed by atoms with Crippen LogP contribution in [-0.2, 0) is 11.4 Å². The van der Waals surface area contributed by atoms with Crippen LogP contribution in [0, 0.1) is 0 Å². The average molecular weight is 165 g/mol. The molecule has 1 rings (SSSR count). The van der Waals surface area contributed by atoms with Crippen molar-refractivity contribution in [2.75, 3.05) is 11.5 Å². The van der Waals surface area contributed by atoms with Crippen molar-refractivity contribution >= 4 is 18.1 Å². The van der Waals surface area contributed by atoms with Gasteiger partial charge in [-0.1, -0.05) is 6.07 Å². The second kappa shape index (κ2) is 3.61. The molecule has 1 aromatic rings. The predicted molar refractivity (Wildman–Crippen MR) is 49.6 cm³/mol. The summed E-state index contributed by atoms with van der Waals surface area (Å²) < 4.78 is 0. The number of nitrogens with zero attached hydrogens (tertiary/aromatic N) is 1. The Bertz CT molecular complexity index is 286. The van der Waals surface area contributed by atoms with Crippen LogP contribution in [-0.4, -0.2) is 6.72 Å². The first-order chi connectivity index (χ1) is 5.74. The lowest BCUT2D eigenvalue weighted by Crippen LogP contribution is -1.96. The number of anilines is 2. The fourth-order valence-corrected chi connectivity index (χ4v) is 0.834. The Labute approximate surface area is 70.8 Å². The zero-order valence-corrected chi connectivity index (χ0v) is 6.66. The van der Waals surface area contributed by atoms with Crippen molar-refractivity contribution in [3.05, 3.63) is 23.8 Å². The second-order valence-electron chi connectivity index (χ2n) is 2.37. The molecule has 64 valence electrons. The molecule has 0 atom stereocenters. The van der Waals surface area contributed by atoms with Crippen LogP contribution >= 0.6 is 0 Å². The highest BCUT2D eigenvalue weighted by Crippen LogP contribution is 2.16. The van der Waals surface area contributed by atoms with Gasteiger partial charge in [0.05, 0.1) is 11.4 Å². The lowest BCUT2D eigenvalue weighted by atomic mass is 10.2. The molecule has 0 aliphatic heterocycles. The monoisotopic (exact) mass is 165 g/mol. The normalized spacial score (nSPS) is 9.33.